The quantitative estimate of drug-likeness (QED) is 0.868. The predicted octanol–water partition coefficient (Wildman–Crippen LogP) is 3.14. The minimum absolute atomic E-state index is 0.209. The summed E-state index contributed by atoms with van der Waals surface area (Å²) in [5, 5.41) is 12.4. The van der Waals surface area contributed by atoms with Crippen LogP contribution < -0.4 is 5.32 Å². The van der Waals surface area contributed by atoms with Gasteiger partial charge in [0.25, 0.3) is 0 Å². The summed E-state index contributed by atoms with van der Waals surface area (Å²) in [5.41, 5.74) is 3.22. The molecule has 0 aliphatic rings. The minimum Gasteiger partial charge on any atom is -0.478 e. The van der Waals surface area contributed by atoms with Crippen molar-refractivity contribution in [3.8, 4) is 0 Å². The number of carbonyl (C=O) groups is 1. The van der Waals surface area contributed by atoms with E-state index < -0.39 is 5.97 Å². The van der Waals surface area contributed by atoms with E-state index in [9.17, 15) is 9.90 Å². The molecule has 0 saturated heterocycles. The van der Waals surface area contributed by atoms with Gasteiger partial charge in [-0.2, -0.15) is 0 Å². The van der Waals surface area contributed by atoms with E-state index in [0.717, 1.165) is 11.3 Å². The van der Waals surface area contributed by atoms with Crippen molar-refractivity contribution in [2.75, 3.05) is 5.32 Å². The van der Waals surface area contributed by atoms with Crippen molar-refractivity contribution in [3.63, 3.8) is 0 Å². The van der Waals surface area contributed by atoms with Gasteiger partial charge >= 0.3 is 5.97 Å². The largest absolute Gasteiger partial charge is 0.478 e. The summed E-state index contributed by atoms with van der Waals surface area (Å²) in [6.45, 7) is 3.66. The predicted molar refractivity (Wildman–Crippen MR) is 70.4 cm³/mol. The first kappa shape index (κ1) is 12.1. The molecule has 1 aromatic carbocycles. The van der Waals surface area contributed by atoms with Gasteiger partial charge in [0.15, 0.2) is 0 Å². The molecule has 0 bridgehead atoms. The van der Waals surface area contributed by atoms with Crippen LogP contribution in [0.2, 0.25) is 0 Å². The lowest BCUT2D eigenvalue weighted by atomic mass is 10.1. The van der Waals surface area contributed by atoms with Crippen molar-refractivity contribution >= 4 is 17.3 Å². The topological polar surface area (TPSA) is 62.2 Å². The lowest BCUT2D eigenvalue weighted by Crippen LogP contribution is -2.07. The molecule has 2 N–H and O–H groups in total. The Balaban J connectivity index is 2.44. The van der Waals surface area contributed by atoms with Gasteiger partial charge in [-0.25, -0.2) is 4.79 Å². The summed E-state index contributed by atoms with van der Waals surface area (Å²) < 4.78 is 0. The van der Waals surface area contributed by atoms with Crippen molar-refractivity contribution < 1.29 is 9.90 Å². The highest BCUT2D eigenvalue weighted by atomic mass is 16.4. The van der Waals surface area contributed by atoms with Crippen LogP contribution in [0.3, 0.4) is 0 Å². The SMILES string of the molecule is Cc1ccccc1Nc1ccnc(C)c1C(=O)O. The molecule has 4 nitrogen and oxygen atoms in total. The third-order valence-corrected chi connectivity index (χ3v) is 2.77. The fourth-order valence-corrected chi connectivity index (χ4v) is 1.80. The standard InChI is InChI=1S/C14H14N2O2/c1-9-5-3-4-6-11(9)16-12-7-8-15-10(2)13(12)14(17)18/h3-8H,1-2H3,(H,15,16)(H,17,18). The fraction of sp³-hybridized carbons (Fsp3) is 0.143. The number of nitrogens with zero attached hydrogens (tertiary/aromatic N) is 1. The van der Waals surface area contributed by atoms with Crippen LogP contribution in [-0.4, -0.2) is 16.1 Å². The molecule has 0 fully saturated rings. The van der Waals surface area contributed by atoms with Crippen LogP contribution in [-0.2, 0) is 0 Å². The number of nitrogens with one attached hydrogen (secondary N) is 1. The van der Waals surface area contributed by atoms with Crippen LogP contribution in [0, 0.1) is 13.8 Å². The molecule has 18 heavy (non-hydrogen) atoms. The Labute approximate surface area is 105 Å². The summed E-state index contributed by atoms with van der Waals surface area (Å²) in [4.78, 5) is 15.2. The molecule has 0 atom stereocenters. The van der Waals surface area contributed by atoms with E-state index in [1.165, 1.54) is 0 Å². The maximum absolute atomic E-state index is 11.2. The zero-order valence-electron chi connectivity index (χ0n) is 10.3. The molecule has 2 rings (SSSR count). The number of carboxylic acid groups (broad SMARTS) is 1. The normalized spacial score (nSPS) is 10.1. The summed E-state index contributed by atoms with van der Waals surface area (Å²) >= 11 is 0. The first-order valence-electron chi connectivity index (χ1n) is 5.61. The van der Waals surface area contributed by atoms with E-state index in [1.807, 2.05) is 31.2 Å². The smallest absolute Gasteiger partial charge is 0.339 e. The number of carboxylic acids is 1. The third-order valence-electron chi connectivity index (χ3n) is 2.77. The van der Waals surface area contributed by atoms with E-state index in [4.69, 9.17) is 0 Å². The molecule has 0 saturated carbocycles. The van der Waals surface area contributed by atoms with Gasteiger partial charge in [0.1, 0.15) is 5.56 Å². The number of anilines is 2. The van der Waals surface area contributed by atoms with Gasteiger partial charge in [-0.05, 0) is 31.5 Å². The number of benzene rings is 1. The molecule has 0 aliphatic carbocycles. The van der Waals surface area contributed by atoms with Gasteiger partial charge in [-0.15, -0.1) is 0 Å². The number of aromatic nitrogens is 1. The van der Waals surface area contributed by atoms with Crippen molar-refractivity contribution in [2.45, 2.75) is 13.8 Å². The first-order valence-corrected chi connectivity index (χ1v) is 5.61. The lowest BCUT2D eigenvalue weighted by Gasteiger charge is -2.12. The maximum Gasteiger partial charge on any atom is 0.339 e. The van der Waals surface area contributed by atoms with Gasteiger partial charge in [0, 0.05) is 11.9 Å². The number of aryl methyl sites for hydroxylation is 2. The molecule has 0 radical (unpaired) electrons. The molecule has 0 amide bonds. The van der Waals surface area contributed by atoms with Gasteiger partial charge in [0.2, 0.25) is 0 Å². The number of hydrogen-bond donors (Lipinski definition) is 2. The van der Waals surface area contributed by atoms with E-state index in [0.29, 0.717) is 11.4 Å². The van der Waals surface area contributed by atoms with Gasteiger partial charge in [-0.1, -0.05) is 18.2 Å². The van der Waals surface area contributed by atoms with Crippen LogP contribution in [0.25, 0.3) is 0 Å². The highest BCUT2D eigenvalue weighted by Crippen LogP contribution is 2.24. The molecule has 0 unspecified atom stereocenters. The molecule has 0 aliphatic heterocycles. The second-order valence-electron chi connectivity index (χ2n) is 4.06. The molecular weight excluding hydrogens is 228 g/mol. The van der Waals surface area contributed by atoms with Crippen molar-refractivity contribution in [3.05, 3.63) is 53.3 Å². The highest BCUT2D eigenvalue weighted by molar-refractivity contribution is 5.96. The minimum atomic E-state index is -0.975. The van der Waals surface area contributed by atoms with E-state index in [-0.39, 0.29) is 5.56 Å². The van der Waals surface area contributed by atoms with Gasteiger partial charge in [-0.3, -0.25) is 4.98 Å². The Hall–Kier alpha value is -2.36. The number of hydrogen-bond acceptors (Lipinski definition) is 3. The van der Waals surface area contributed by atoms with Crippen LogP contribution in [0.5, 0.6) is 0 Å². The van der Waals surface area contributed by atoms with Gasteiger partial charge in [0.05, 0.1) is 11.4 Å². The molecule has 1 heterocycles. The van der Waals surface area contributed by atoms with E-state index in [1.54, 1.807) is 19.2 Å². The average Bonchev–Trinajstić information content (AvgIpc) is 2.31. The highest BCUT2D eigenvalue weighted by Gasteiger charge is 2.14. The second kappa shape index (κ2) is 4.87. The van der Waals surface area contributed by atoms with E-state index in [2.05, 4.69) is 10.3 Å². The zero-order chi connectivity index (χ0) is 13.1. The number of rotatable bonds is 3. The maximum atomic E-state index is 11.2. The fourth-order valence-electron chi connectivity index (χ4n) is 1.80. The van der Waals surface area contributed by atoms with Crippen LogP contribution in [0.4, 0.5) is 11.4 Å². The summed E-state index contributed by atoms with van der Waals surface area (Å²) in [5.74, 6) is -0.975. The van der Waals surface area contributed by atoms with Gasteiger partial charge < -0.3 is 10.4 Å². The molecule has 92 valence electrons. The number of aromatic carboxylic acids is 1. The number of para-hydroxylation sites is 1. The Morgan fingerprint density at radius 3 is 2.56 bits per heavy atom. The Kier molecular flexibility index (Phi) is 3.28. The Bertz CT molecular complexity index is 594. The van der Waals surface area contributed by atoms with Crippen molar-refractivity contribution in [1.29, 1.82) is 0 Å². The Morgan fingerprint density at radius 1 is 1.17 bits per heavy atom. The van der Waals surface area contributed by atoms with Crippen molar-refractivity contribution in [1.82, 2.24) is 4.98 Å². The van der Waals surface area contributed by atoms with E-state index >= 15 is 0 Å². The third kappa shape index (κ3) is 2.32. The Morgan fingerprint density at radius 2 is 1.89 bits per heavy atom. The summed E-state index contributed by atoms with van der Waals surface area (Å²) in [6, 6.07) is 9.40. The van der Waals surface area contributed by atoms with Crippen LogP contribution in [0.15, 0.2) is 36.5 Å². The molecule has 0 spiro atoms. The second-order valence-corrected chi connectivity index (χ2v) is 4.06. The summed E-state index contributed by atoms with van der Waals surface area (Å²) in [6.07, 6.45) is 1.60. The number of pyridine rings is 1. The van der Waals surface area contributed by atoms with Crippen LogP contribution in [0.1, 0.15) is 21.6 Å². The average molecular weight is 242 g/mol. The lowest BCUT2D eigenvalue weighted by molar-refractivity contribution is 0.0696. The van der Waals surface area contributed by atoms with Crippen LogP contribution >= 0.6 is 0 Å². The molecular formula is C14H14N2O2. The molecule has 2 aromatic rings. The first-order chi connectivity index (χ1) is 8.59. The summed E-state index contributed by atoms with van der Waals surface area (Å²) in [7, 11) is 0. The monoisotopic (exact) mass is 242 g/mol. The van der Waals surface area contributed by atoms with Crippen molar-refractivity contribution in [2.24, 2.45) is 0 Å². The zero-order valence-corrected chi connectivity index (χ0v) is 10.3. The molecule has 4 heteroatoms. The molecule has 1 aromatic heterocycles.